The van der Waals surface area contributed by atoms with Crippen LogP contribution in [0.2, 0.25) is 0 Å². The van der Waals surface area contributed by atoms with Crippen molar-refractivity contribution in [2.75, 3.05) is 59.6 Å². The Hall–Kier alpha value is -0.610. The molecule has 0 aromatic rings. The topological polar surface area (TPSA) is 66.4 Å². The highest BCUT2D eigenvalue weighted by atomic mass is 127. The van der Waals surface area contributed by atoms with Crippen LogP contribution in [0.25, 0.3) is 0 Å². The number of halogens is 1. The Morgan fingerprint density at radius 3 is 2.52 bits per heavy atom. The molecular weight excluding hydrogens is 459 g/mol. The molecule has 27 heavy (non-hydrogen) atoms. The first kappa shape index (κ1) is 24.4. The van der Waals surface area contributed by atoms with E-state index in [4.69, 9.17) is 14.5 Å². The lowest BCUT2D eigenvalue weighted by atomic mass is 9.99. The molecule has 0 spiro atoms. The first-order chi connectivity index (χ1) is 12.5. The molecular formula is C19H37IN4O3. The fourth-order valence-electron chi connectivity index (χ4n) is 3.86. The van der Waals surface area contributed by atoms with Crippen LogP contribution in [0.1, 0.15) is 27.7 Å². The Bertz CT molecular complexity index is 484. The van der Waals surface area contributed by atoms with Gasteiger partial charge in [0.05, 0.1) is 32.8 Å². The van der Waals surface area contributed by atoms with Crippen LogP contribution in [-0.2, 0) is 14.3 Å². The zero-order valence-electron chi connectivity index (χ0n) is 17.4. The number of rotatable bonds is 6. The third kappa shape index (κ3) is 6.74. The molecule has 2 heterocycles. The third-order valence-electron chi connectivity index (χ3n) is 5.46. The normalized spacial score (nSPS) is 25.3. The van der Waals surface area contributed by atoms with E-state index < -0.39 is 0 Å². The van der Waals surface area contributed by atoms with E-state index in [1.807, 2.05) is 0 Å². The maximum absolute atomic E-state index is 12.0. The minimum atomic E-state index is -0.121. The highest BCUT2D eigenvalue weighted by Crippen LogP contribution is 2.24. The fourth-order valence-corrected chi connectivity index (χ4v) is 3.86. The van der Waals surface area contributed by atoms with Gasteiger partial charge in [-0.25, -0.2) is 0 Å². The number of nitrogens with zero attached hydrogens (tertiary/aromatic N) is 3. The first-order valence-corrected chi connectivity index (χ1v) is 9.90. The highest BCUT2D eigenvalue weighted by molar-refractivity contribution is 14.0. The predicted octanol–water partition coefficient (Wildman–Crippen LogP) is 1.67. The minimum Gasteiger partial charge on any atom is -0.469 e. The van der Waals surface area contributed by atoms with E-state index in [0.29, 0.717) is 18.5 Å². The Kier molecular flexibility index (Phi) is 10.9. The van der Waals surface area contributed by atoms with Crippen LogP contribution in [0.15, 0.2) is 4.99 Å². The average Bonchev–Trinajstić information content (AvgIpc) is 3.02. The number of hydrogen-bond acceptors (Lipinski definition) is 5. The molecule has 0 aromatic carbocycles. The van der Waals surface area contributed by atoms with Gasteiger partial charge >= 0.3 is 5.97 Å². The average molecular weight is 496 g/mol. The zero-order chi connectivity index (χ0) is 19.1. The molecule has 2 saturated heterocycles. The summed E-state index contributed by atoms with van der Waals surface area (Å²) in [4.78, 5) is 21.6. The van der Waals surface area contributed by atoms with Gasteiger partial charge in [-0.1, -0.05) is 20.8 Å². The number of morpholine rings is 1. The Balaban J connectivity index is 0.00000364. The Morgan fingerprint density at radius 2 is 1.96 bits per heavy atom. The van der Waals surface area contributed by atoms with E-state index in [2.05, 4.69) is 42.8 Å². The van der Waals surface area contributed by atoms with Crippen LogP contribution in [0.4, 0.5) is 0 Å². The predicted molar refractivity (Wildman–Crippen MR) is 119 cm³/mol. The van der Waals surface area contributed by atoms with Gasteiger partial charge in [-0.15, -0.1) is 24.0 Å². The molecule has 3 unspecified atom stereocenters. The minimum absolute atomic E-state index is 0. The molecule has 3 atom stereocenters. The van der Waals surface area contributed by atoms with E-state index in [1.54, 1.807) is 0 Å². The van der Waals surface area contributed by atoms with Crippen molar-refractivity contribution in [1.29, 1.82) is 0 Å². The van der Waals surface area contributed by atoms with Crippen molar-refractivity contribution < 1.29 is 14.3 Å². The summed E-state index contributed by atoms with van der Waals surface area (Å²) >= 11 is 0. The number of carbonyl (C=O) groups excluding carboxylic acids is 1. The molecule has 1 N–H and O–H groups in total. The first-order valence-electron chi connectivity index (χ1n) is 9.90. The maximum atomic E-state index is 12.0. The quantitative estimate of drug-likeness (QED) is 0.261. The van der Waals surface area contributed by atoms with Crippen LogP contribution < -0.4 is 5.32 Å². The number of esters is 1. The molecule has 2 aliphatic heterocycles. The van der Waals surface area contributed by atoms with Crippen molar-refractivity contribution >= 4 is 35.9 Å². The summed E-state index contributed by atoms with van der Waals surface area (Å²) in [5.74, 6) is 1.50. The number of carbonyl (C=O) groups is 1. The number of methoxy groups -OCH3 is 1. The molecule has 0 bridgehead atoms. The van der Waals surface area contributed by atoms with Crippen molar-refractivity contribution in [3.05, 3.63) is 0 Å². The lowest BCUT2D eigenvalue weighted by Crippen LogP contribution is -2.48. The molecule has 8 heteroatoms. The van der Waals surface area contributed by atoms with Crippen molar-refractivity contribution in [1.82, 2.24) is 15.1 Å². The third-order valence-corrected chi connectivity index (χ3v) is 5.46. The standard InChI is InChI=1S/C19H36N4O3.HI/c1-6-20-19(23-12-15(4)16(13-23)18(24)25-5)21-11-17(14(2)3)22-7-9-26-10-8-22;/h14-17H,6-13H2,1-5H3,(H,20,21);1H. The van der Waals surface area contributed by atoms with E-state index in [9.17, 15) is 4.79 Å². The summed E-state index contributed by atoms with van der Waals surface area (Å²) in [5.41, 5.74) is 0. The molecule has 2 aliphatic rings. The van der Waals surface area contributed by atoms with Crippen LogP contribution >= 0.6 is 24.0 Å². The van der Waals surface area contributed by atoms with Crippen molar-refractivity contribution in [3.63, 3.8) is 0 Å². The molecule has 7 nitrogen and oxygen atoms in total. The number of aliphatic imine (C=N–C) groups is 1. The van der Waals surface area contributed by atoms with E-state index in [-0.39, 0.29) is 41.8 Å². The van der Waals surface area contributed by atoms with Crippen LogP contribution in [0.3, 0.4) is 0 Å². The largest absolute Gasteiger partial charge is 0.469 e. The monoisotopic (exact) mass is 496 g/mol. The SMILES string of the molecule is CCNC(=NCC(C(C)C)N1CCOCC1)N1CC(C)C(C(=O)OC)C1.I. The Labute approximate surface area is 181 Å². The van der Waals surface area contributed by atoms with Gasteiger partial charge in [0.1, 0.15) is 0 Å². The molecule has 0 aliphatic carbocycles. The van der Waals surface area contributed by atoms with Crippen LogP contribution in [0, 0.1) is 17.8 Å². The summed E-state index contributed by atoms with van der Waals surface area (Å²) in [6.07, 6.45) is 0. The number of likely N-dealkylation sites (tertiary alicyclic amines) is 1. The van der Waals surface area contributed by atoms with E-state index in [1.165, 1.54) is 7.11 Å². The summed E-state index contributed by atoms with van der Waals surface area (Å²) in [7, 11) is 1.46. The van der Waals surface area contributed by atoms with E-state index in [0.717, 1.165) is 51.9 Å². The molecule has 0 aromatic heterocycles. The summed E-state index contributed by atoms with van der Waals surface area (Å²) in [5, 5.41) is 3.40. The van der Waals surface area contributed by atoms with Gasteiger partial charge in [0.25, 0.3) is 0 Å². The molecule has 0 saturated carbocycles. The van der Waals surface area contributed by atoms with Crippen molar-refractivity contribution in [2.45, 2.75) is 33.7 Å². The smallest absolute Gasteiger partial charge is 0.310 e. The molecule has 2 rings (SSSR count). The fraction of sp³-hybridized carbons (Fsp3) is 0.895. The van der Waals surface area contributed by atoms with Crippen LogP contribution in [-0.4, -0.2) is 87.4 Å². The number of ether oxygens (including phenoxy) is 2. The lowest BCUT2D eigenvalue weighted by molar-refractivity contribution is -0.145. The summed E-state index contributed by atoms with van der Waals surface area (Å²) in [6.45, 7) is 15.3. The van der Waals surface area contributed by atoms with Gasteiger partial charge in [-0.2, -0.15) is 0 Å². The number of nitrogens with one attached hydrogen (secondary N) is 1. The highest BCUT2D eigenvalue weighted by Gasteiger charge is 2.37. The van der Waals surface area contributed by atoms with E-state index >= 15 is 0 Å². The van der Waals surface area contributed by atoms with Gasteiger partial charge in [0, 0.05) is 38.8 Å². The van der Waals surface area contributed by atoms with Gasteiger partial charge in [0.15, 0.2) is 5.96 Å². The summed E-state index contributed by atoms with van der Waals surface area (Å²) < 4.78 is 10.4. The molecule has 0 radical (unpaired) electrons. The lowest BCUT2D eigenvalue weighted by Gasteiger charge is -2.36. The second-order valence-corrected chi connectivity index (χ2v) is 7.67. The molecule has 2 fully saturated rings. The molecule has 158 valence electrons. The van der Waals surface area contributed by atoms with Gasteiger partial charge < -0.3 is 19.7 Å². The van der Waals surface area contributed by atoms with Crippen LogP contribution in [0.5, 0.6) is 0 Å². The number of hydrogen-bond donors (Lipinski definition) is 1. The van der Waals surface area contributed by atoms with Gasteiger partial charge in [-0.3, -0.25) is 14.7 Å². The maximum Gasteiger partial charge on any atom is 0.310 e. The van der Waals surface area contributed by atoms with Gasteiger partial charge in [-0.05, 0) is 18.8 Å². The second kappa shape index (κ2) is 12.1. The summed E-state index contributed by atoms with van der Waals surface area (Å²) in [6, 6.07) is 0.406. The van der Waals surface area contributed by atoms with Gasteiger partial charge in [0.2, 0.25) is 0 Å². The zero-order valence-corrected chi connectivity index (χ0v) is 19.8. The molecule has 0 amide bonds. The van der Waals surface area contributed by atoms with Crippen molar-refractivity contribution in [3.8, 4) is 0 Å². The number of guanidine groups is 1. The van der Waals surface area contributed by atoms with Crippen molar-refractivity contribution in [2.24, 2.45) is 22.7 Å². The Morgan fingerprint density at radius 1 is 1.30 bits per heavy atom. The second-order valence-electron chi connectivity index (χ2n) is 7.67.